The molecule has 2 rings (SSSR count). The minimum atomic E-state index is -0.426. The molecule has 2 aliphatic carbocycles. The number of aliphatic hydroxyl groups excluding tert-OH is 2. The minimum absolute atomic E-state index is 0.256. The first kappa shape index (κ1) is 14.3. The van der Waals surface area contributed by atoms with Gasteiger partial charge in [-0.05, 0) is 37.5 Å². The second-order valence-electron chi connectivity index (χ2n) is 5.88. The highest BCUT2D eigenvalue weighted by atomic mass is 16.5. The zero-order valence-corrected chi connectivity index (χ0v) is 11.2. The van der Waals surface area contributed by atoms with Gasteiger partial charge in [0.15, 0.2) is 0 Å². The molecule has 0 radical (unpaired) electrons. The van der Waals surface area contributed by atoms with Crippen molar-refractivity contribution in [3.05, 3.63) is 0 Å². The van der Waals surface area contributed by atoms with Gasteiger partial charge in [-0.15, -0.1) is 0 Å². The first-order valence-electron chi connectivity index (χ1n) is 7.39. The molecule has 0 amide bonds. The second-order valence-corrected chi connectivity index (χ2v) is 5.88. The van der Waals surface area contributed by atoms with E-state index in [1.807, 2.05) is 0 Å². The van der Waals surface area contributed by atoms with Gasteiger partial charge in [-0.25, -0.2) is 0 Å². The Balaban J connectivity index is 1.56. The van der Waals surface area contributed by atoms with Crippen molar-refractivity contribution in [2.45, 2.75) is 50.7 Å². The van der Waals surface area contributed by atoms with Crippen LogP contribution >= 0.6 is 0 Å². The van der Waals surface area contributed by atoms with E-state index in [4.69, 9.17) is 4.74 Å². The average molecular weight is 257 g/mol. The van der Waals surface area contributed by atoms with E-state index >= 15 is 0 Å². The van der Waals surface area contributed by atoms with Crippen LogP contribution in [-0.4, -0.2) is 48.7 Å². The second kappa shape index (κ2) is 7.43. The van der Waals surface area contributed by atoms with Gasteiger partial charge in [0.1, 0.15) is 0 Å². The molecular weight excluding hydrogens is 230 g/mol. The lowest BCUT2D eigenvalue weighted by atomic mass is 9.85. The monoisotopic (exact) mass is 257 g/mol. The van der Waals surface area contributed by atoms with Crippen LogP contribution in [0.2, 0.25) is 0 Å². The third-order valence-electron chi connectivity index (χ3n) is 4.12. The Morgan fingerprint density at radius 2 is 1.94 bits per heavy atom. The molecule has 3 N–H and O–H groups in total. The van der Waals surface area contributed by atoms with Gasteiger partial charge in [-0.2, -0.15) is 0 Å². The lowest BCUT2D eigenvalue weighted by Crippen LogP contribution is -2.44. The Morgan fingerprint density at radius 1 is 1.17 bits per heavy atom. The van der Waals surface area contributed by atoms with Gasteiger partial charge in [0.25, 0.3) is 0 Å². The van der Waals surface area contributed by atoms with Crippen molar-refractivity contribution in [1.82, 2.24) is 5.32 Å². The third-order valence-corrected chi connectivity index (χ3v) is 4.12. The fourth-order valence-electron chi connectivity index (χ4n) is 2.70. The topological polar surface area (TPSA) is 61.7 Å². The predicted molar refractivity (Wildman–Crippen MR) is 70.4 cm³/mol. The number of nitrogens with one attached hydrogen (secondary N) is 1. The number of ether oxygens (including phenoxy) is 1. The first-order chi connectivity index (χ1) is 8.79. The SMILES string of the molecule is OCC1CCCCC1NCC(O)COCC1CC1. The lowest BCUT2D eigenvalue weighted by Gasteiger charge is -2.31. The van der Waals surface area contributed by atoms with Crippen molar-refractivity contribution in [3.8, 4) is 0 Å². The van der Waals surface area contributed by atoms with Crippen molar-refractivity contribution < 1.29 is 14.9 Å². The van der Waals surface area contributed by atoms with Crippen molar-refractivity contribution in [2.24, 2.45) is 11.8 Å². The fraction of sp³-hybridized carbons (Fsp3) is 1.00. The van der Waals surface area contributed by atoms with Gasteiger partial charge in [0.2, 0.25) is 0 Å². The van der Waals surface area contributed by atoms with Gasteiger partial charge in [-0.3, -0.25) is 0 Å². The molecule has 0 aromatic heterocycles. The third kappa shape index (κ3) is 4.84. The highest BCUT2D eigenvalue weighted by Gasteiger charge is 2.25. The van der Waals surface area contributed by atoms with Gasteiger partial charge in [-0.1, -0.05) is 12.8 Å². The van der Waals surface area contributed by atoms with Crippen LogP contribution in [0, 0.1) is 11.8 Å². The van der Waals surface area contributed by atoms with Crippen molar-refractivity contribution in [2.75, 3.05) is 26.4 Å². The van der Waals surface area contributed by atoms with Crippen LogP contribution < -0.4 is 5.32 Å². The zero-order valence-electron chi connectivity index (χ0n) is 11.2. The van der Waals surface area contributed by atoms with E-state index in [2.05, 4.69) is 5.32 Å². The highest BCUT2D eigenvalue weighted by Crippen LogP contribution is 2.28. The van der Waals surface area contributed by atoms with E-state index in [1.54, 1.807) is 0 Å². The number of hydrogen-bond donors (Lipinski definition) is 3. The van der Waals surface area contributed by atoms with Crippen LogP contribution in [0.4, 0.5) is 0 Å². The van der Waals surface area contributed by atoms with Crippen LogP contribution in [0.25, 0.3) is 0 Å². The Kier molecular flexibility index (Phi) is 5.89. The van der Waals surface area contributed by atoms with Crippen LogP contribution in [0.5, 0.6) is 0 Å². The largest absolute Gasteiger partial charge is 0.396 e. The number of hydrogen-bond acceptors (Lipinski definition) is 4. The summed E-state index contributed by atoms with van der Waals surface area (Å²) in [5.41, 5.74) is 0. The molecule has 0 saturated heterocycles. The molecule has 0 heterocycles. The molecule has 4 heteroatoms. The molecule has 3 unspecified atom stereocenters. The van der Waals surface area contributed by atoms with Crippen molar-refractivity contribution in [3.63, 3.8) is 0 Å². The van der Waals surface area contributed by atoms with Gasteiger partial charge >= 0.3 is 0 Å². The summed E-state index contributed by atoms with van der Waals surface area (Å²) in [6.45, 7) is 2.07. The minimum Gasteiger partial charge on any atom is -0.396 e. The molecule has 0 aromatic carbocycles. The molecule has 106 valence electrons. The van der Waals surface area contributed by atoms with E-state index in [9.17, 15) is 10.2 Å². The molecule has 2 fully saturated rings. The van der Waals surface area contributed by atoms with E-state index < -0.39 is 6.10 Å². The summed E-state index contributed by atoms with van der Waals surface area (Å²) < 4.78 is 5.47. The summed E-state index contributed by atoms with van der Waals surface area (Å²) >= 11 is 0. The summed E-state index contributed by atoms with van der Waals surface area (Å²) in [5.74, 6) is 1.11. The molecule has 18 heavy (non-hydrogen) atoms. The molecule has 2 saturated carbocycles. The summed E-state index contributed by atoms with van der Waals surface area (Å²) in [6, 6.07) is 0.363. The lowest BCUT2D eigenvalue weighted by molar-refractivity contribution is 0.0281. The molecule has 2 aliphatic rings. The summed E-state index contributed by atoms with van der Waals surface area (Å²) in [4.78, 5) is 0. The quantitative estimate of drug-likeness (QED) is 0.605. The van der Waals surface area contributed by atoms with Crippen molar-refractivity contribution in [1.29, 1.82) is 0 Å². The predicted octanol–water partition coefficient (Wildman–Crippen LogP) is 0.915. The fourth-order valence-corrected chi connectivity index (χ4v) is 2.70. The van der Waals surface area contributed by atoms with Gasteiger partial charge < -0.3 is 20.3 Å². The van der Waals surface area contributed by atoms with E-state index in [0.29, 0.717) is 25.1 Å². The standard InChI is InChI=1S/C14H27NO3/c16-8-12-3-1-2-4-14(12)15-7-13(17)10-18-9-11-5-6-11/h11-17H,1-10H2. The van der Waals surface area contributed by atoms with Crippen LogP contribution in [0.15, 0.2) is 0 Å². The van der Waals surface area contributed by atoms with Crippen LogP contribution in [-0.2, 0) is 4.74 Å². The van der Waals surface area contributed by atoms with E-state index in [0.717, 1.165) is 25.4 Å². The van der Waals surface area contributed by atoms with Gasteiger partial charge in [0.05, 0.1) is 12.7 Å². The van der Waals surface area contributed by atoms with Gasteiger partial charge in [0, 0.05) is 25.8 Å². The maximum absolute atomic E-state index is 9.82. The van der Waals surface area contributed by atoms with Crippen molar-refractivity contribution >= 4 is 0 Å². The number of rotatable bonds is 8. The Bertz CT molecular complexity index is 233. The highest BCUT2D eigenvalue weighted by molar-refractivity contribution is 4.81. The summed E-state index contributed by atoms with van der Waals surface area (Å²) in [5, 5.41) is 22.5. The molecule has 4 nitrogen and oxygen atoms in total. The summed E-state index contributed by atoms with van der Waals surface area (Å²) in [6.07, 6.45) is 6.80. The first-order valence-corrected chi connectivity index (χ1v) is 7.39. The Labute approximate surface area is 110 Å². The molecule has 0 spiro atoms. The normalized spacial score (nSPS) is 30.3. The summed E-state index contributed by atoms with van der Waals surface area (Å²) in [7, 11) is 0. The Morgan fingerprint density at radius 3 is 2.67 bits per heavy atom. The smallest absolute Gasteiger partial charge is 0.0897 e. The zero-order chi connectivity index (χ0) is 12.8. The molecule has 0 aromatic rings. The Hall–Kier alpha value is -0.160. The molecule has 3 atom stereocenters. The average Bonchev–Trinajstić information content (AvgIpc) is 3.21. The molecule has 0 aliphatic heterocycles. The van der Waals surface area contributed by atoms with Crippen LogP contribution in [0.3, 0.4) is 0 Å². The maximum Gasteiger partial charge on any atom is 0.0897 e. The number of aliphatic hydroxyl groups is 2. The van der Waals surface area contributed by atoms with E-state index in [-0.39, 0.29) is 6.61 Å². The maximum atomic E-state index is 9.82. The molecular formula is C14H27NO3. The van der Waals surface area contributed by atoms with E-state index in [1.165, 1.54) is 25.7 Å². The van der Waals surface area contributed by atoms with Crippen LogP contribution in [0.1, 0.15) is 38.5 Å². The molecule has 0 bridgehead atoms.